The molecule has 1 N–H and O–H groups in total. The van der Waals surface area contributed by atoms with Crippen LogP contribution in [0.4, 0.5) is 0 Å². The van der Waals surface area contributed by atoms with Crippen LogP contribution in [0.3, 0.4) is 0 Å². The number of hydrogen-bond acceptors (Lipinski definition) is 1. The van der Waals surface area contributed by atoms with Crippen molar-refractivity contribution < 1.29 is 4.79 Å². The minimum atomic E-state index is 0.134. The molecule has 21 heavy (non-hydrogen) atoms. The summed E-state index contributed by atoms with van der Waals surface area (Å²) < 4.78 is 0. The van der Waals surface area contributed by atoms with Crippen molar-refractivity contribution in [2.45, 2.75) is 71.8 Å². The summed E-state index contributed by atoms with van der Waals surface area (Å²) in [6.07, 6.45) is 11.5. The third-order valence-electron chi connectivity index (χ3n) is 8.01. The van der Waals surface area contributed by atoms with Crippen molar-refractivity contribution in [1.29, 1.82) is 0 Å². The van der Waals surface area contributed by atoms with Gasteiger partial charge in [-0.2, -0.15) is 0 Å². The maximum atomic E-state index is 11.9. The number of rotatable bonds is 0. The second-order valence-corrected chi connectivity index (χ2v) is 8.71. The predicted octanol–water partition coefficient (Wildman–Crippen LogP) is 4.06. The first-order valence-corrected chi connectivity index (χ1v) is 8.94. The molecular formula is C19H29NO. The van der Waals surface area contributed by atoms with Gasteiger partial charge in [0.25, 0.3) is 0 Å². The van der Waals surface area contributed by atoms with Gasteiger partial charge in [0.2, 0.25) is 5.91 Å². The molecule has 0 radical (unpaired) electrons. The van der Waals surface area contributed by atoms with Gasteiger partial charge in [0.1, 0.15) is 0 Å². The van der Waals surface area contributed by atoms with Gasteiger partial charge >= 0.3 is 0 Å². The molecule has 2 heteroatoms. The maximum absolute atomic E-state index is 11.9. The largest absolute Gasteiger partial charge is 0.349 e. The Balaban J connectivity index is 1.72. The molecule has 116 valence electrons. The molecule has 0 unspecified atom stereocenters. The highest BCUT2D eigenvalue weighted by molar-refractivity contribution is 5.90. The summed E-state index contributed by atoms with van der Waals surface area (Å²) in [4.78, 5) is 11.9. The molecule has 0 aromatic rings. The minimum absolute atomic E-state index is 0.134. The van der Waals surface area contributed by atoms with Crippen LogP contribution in [0.2, 0.25) is 0 Å². The fourth-order valence-electron chi connectivity index (χ4n) is 6.70. The summed E-state index contributed by atoms with van der Waals surface area (Å²) in [5, 5.41) is 3.28. The minimum Gasteiger partial charge on any atom is -0.349 e. The Bertz CT molecular complexity index is 510. The van der Waals surface area contributed by atoms with Crippen molar-refractivity contribution in [3.63, 3.8) is 0 Å². The third-order valence-corrected chi connectivity index (χ3v) is 8.01. The molecule has 0 bridgehead atoms. The highest BCUT2D eigenvalue weighted by atomic mass is 16.1. The first-order valence-electron chi connectivity index (χ1n) is 8.94. The Hall–Kier alpha value is -0.790. The average Bonchev–Trinajstić information content (AvgIpc) is 2.82. The van der Waals surface area contributed by atoms with E-state index >= 15 is 0 Å². The number of amides is 1. The highest BCUT2D eigenvalue weighted by Gasteiger charge is 2.58. The Morgan fingerprint density at radius 1 is 1.10 bits per heavy atom. The van der Waals surface area contributed by atoms with Crippen LogP contribution < -0.4 is 5.32 Å². The van der Waals surface area contributed by atoms with Gasteiger partial charge < -0.3 is 5.32 Å². The lowest BCUT2D eigenvalue weighted by Gasteiger charge is -2.59. The van der Waals surface area contributed by atoms with E-state index in [1.807, 2.05) is 6.08 Å². The first-order chi connectivity index (χ1) is 9.95. The van der Waals surface area contributed by atoms with E-state index in [1.165, 1.54) is 50.5 Å². The molecule has 3 aliphatic carbocycles. The molecule has 1 amide bonds. The molecule has 3 fully saturated rings. The van der Waals surface area contributed by atoms with Crippen LogP contribution in [0.1, 0.15) is 65.7 Å². The lowest BCUT2D eigenvalue weighted by molar-refractivity contribution is -0.122. The number of carbonyl (C=O) groups excluding carboxylic acids is 1. The Kier molecular flexibility index (Phi) is 2.88. The number of fused-ring (bicyclic) bond motifs is 5. The van der Waals surface area contributed by atoms with E-state index in [-0.39, 0.29) is 11.3 Å². The fraction of sp³-hybridized carbons (Fsp3) is 0.842. The molecule has 6 atom stereocenters. The fourth-order valence-corrected chi connectivity index (χ4v) is 6.70. The monoisotopic (exact) mass is 287 g/mol. The quantitative estimate of drug-likeness (QED) is 0.715. The Labute approximate surface area is 128 Å². The second-order valence-electron chi connectivity index (χ2n) is 8.71. The second kappa shape index (κ2) is 4.36. The van der Waals surface area contributed by atoms with E-state index in [9.17, 15) is 4.79 Å². The molecule has 0 aromatic carbocycles. The molecule has 4 rings (SSSR count). The zero-order valence-electron chi connectivity index (χ0n) is 13.7. The summed E-state index contributed by atoms with van der Waals surface area (Å²) in [7, 11) is 0. The topological polar surface area (TPSA) is 29.1 Å². The standard InChI is InChI=1S/C19H29NO/c1-12-11-17(21)20-16-7-6-13-14-5-4-9-18(14,2)10-8-15(13)19(12,16)3/h11,13-16H,4-10H2,1-3H3,(H,20,21)/t13-,14-,15-,16+,18-,19+/m0/s1. The predicted molar refractivity (Wildman–Crippen MR) is 84.7 cm³/mol. The first kappa shape index (κ1) is 13.8. The molecule has 1 aliphatic heterocycles. The molecule has 0 spiro atoms. The van der Waals surface area contributed by atoms with Gasteiger partial charge in [-0.3, -0.25) is 4.79 Å². The average molecular weight is 287 g/mol. The van der Waals surface area contributed by atoms with Crippen molar-refractivity contribution in [2.75, 3.05) is 0 Å². The SMILES string of the molecule is CC1=CC(=O)N[C@@H]2CC[C@H]3[C@@H]4CCC[C@@]4(C)CC[C@@H]3[C@@]12C. The zero-order valence-corrected chi connectivity index (χ0v) is 13.7. The van der Waals surface area contributed by atoms with Crippen LogP contribution in [0.15, 0.2) is 11.6 Å². The van der Waals surface area contributed by atoms with Gasteiger partial charge in [0.15, 0.2) is 0 Å². The van der Waals surface area contributed by atoms with Gasteiger partial charge in [-0.15, -0.1) is 0 Å². The number of nitrogens with one attached hydrogen (secondary N) is 1. The van der Waals surface area contributed by atoms with Crippen LogP contribution >= 0.6 is 0 Å². The summed E-state index contributed by atoms with van der Waals surface area (Å²) in [6, 6.07) is 0.377. The lowest BCUT2D eigenvalue weighted by atomic mass is 9.47. The summed E-state index contributed by atoms with van der Waals surface area (Å²) in [5.41, 5.74) is 2.17. The van der Waals surface area contributed by atoms with Gasteiger partial charge in [-0.1, -0.05) is 25.8 Å². The van der Waals surface area contributed by atoms with E-state index in [0.717, 1.165) is 17.8 Å². The summed E-state index contributed by atoms with van der Waals surface area (Å²) in [6.45, 7) is 7.20. The normalized spacial score (nSPS) is 52.3. The number of hydrogen-bond donors (Lipinski definition) is 1. The Morgan fingerprint density at radius 3 is 2.71 bits per heavy atom. The summed E-state index contributed by atoms with van der Waals surface area (Å²) in [5.74, 6) is 2.75. The van der Waals surface area contributed by atoms with Crippen LogP contribution in [0.5, 0.6) is 0 Å². The van der Waals surface area contributed by atoms with Gasteiger partial charge in [-0.25, -0.2) is 0 Å². The van der Waals surface area contributed by atoms with E-state index in [4.69, 9.17) is 0 Å². The lowest BCUT2D eigenvalue weighted by Crippen LogP contribution is -2.60. The molecular weight excluding hydrogens is 258 g/mol. The molecule has 1 heterocycles. The molecule has 3 saturated carbocycles. The van der Waals surface area contributed by atoms with E-state index in [0.29, 0.717) is 11.5 Å². The molecule has 0 saturated heterocycles. The van der Waals surface area contributed by atoms with Crippen molar-refractivity contribution in [3.05, 3.63) is 11.6 Å². The van der Waals surface area contributed by atoms with E-state index in [1.54, 1.807) is 0 Å². The summed E-state index contributed by atoms with van der Waals surface area (Å²) >= 11 is 0. The van der Waals surface area contributed by atoms with E-state index < -0.39 is 0 Å². The molecule has 4 aliphatic rings. The molecule has 2 nitrogen and oxygen atoms in total. The van der Waals surface area contributed by atoms with E-state index in [2.05, 4.69) is 26.1 Å². The van der Waals surface area contributed by atoms with Gasteiger partial charge in [0, 0.05) is 17.5 Å². The number of carbonyl (C=O) groups is 1. The van der Waals surface area contributed by atoms with Crippen molar-refractivity contribution in [3.8, 4) is 0 Å². The van der Waals surface area contributed by atoms with Crippen molar-refractivity contribution >= 4 is 5.91 Å². The van der Waals surface area contributed by atoms with Crippen molar-refractivity contribution in [2.24, 2.45) is 28.6 Å². The highest BCUT2D eigenvalue weighted by Crippen LogP contribution is 2.64. The van der Waals surface area contributed by atoms with Crippen molar-refractivity contribution in [1.82, 2.24) is 5.32 Å². The van der Waals surface area contributed by atoms with Gasteiger partial charge in [-0.05, 0) is 68.6 Å². The van der Waals surface area contributed by atoms with Crippen LogP contribution in [0, 0.1) is 28.6 Å². The Morgan fingerprint density at radius 2 is 1.90 bits per heavy atom. The maximum Gasteiger partial charge on any atom is 0.244 e. The van der Waals surface area contributed by atoms with Gasteiger partial charge in [0.05, 0.1) is 0 Å². The van der Waals surface area contributed by atoms with Crippen LogP contribution in [0.25, 0.3) is 0 Å². The van der Waals surface area contributed by atoms with Crippen LogP contribution in [-0.2, 0) is 4.79 Å². The molecule has 0 aromatic heterocycles. The smallest absolute Gasteiger partial charge is 0.244 e. The van der Waals surface area contributed by atoms with Crippen LogP contribution in [-0.4, -0.2) is 11.9 Å². The zero-order chi connectivity index (χ0) is 14.8. The third kappa shape index (κ3) is 1.74.